The molecule has 0 unspecified atom stereocenters. The van der Waals surface area contributed by atoms with Crippen LogP contribution in [0.2, 0.25) is 0 Å². The lowest BCUT2D eigenvalue weighted by Crippen LogP contribution is -2.53. The summed E-state index contributed by atoms with van der Waals surface area (Å²) in [5.41, 5.74) is 2.84. The maximum Gasteiger partial charge on any atom is 0.0367 e. The van der Waals surface area contributed by atoms with Crippen LogP contribution in [0.3, 0.4) is 0 Å². The van der Waals surface area contributed by atoms with Gasteiger partial charge in [0.25, 0.3) is 0 Å². The van der Waals surface area contributed by atoms with E-state index in [2.05, 4.69) is 75.4 Å². The lowest BCUT2D eigenvalue weighted by atomic mass is 10.0. The minimum atomic E-state index is 0. The molecule has 0 aliphatic carbocycles. The Hall–Kier alpha value is -1.55. The molecule has 2 aromatic rings. The highest BCUT2D eigenvalue weighted by atomic mass is 35.5. The van der Waals surface area contributed by atoms with Gasteiger partial charge >= 0.3 is 0 Å². The Labute approximate surface area is 170 Å². The normalized spacial score (nSPS) is 19.6. The summed E-state index contributed by atoms with van der Waals surface area (Å²) >= 11 is 0. The van der Waals surface area contributed by atoms with Gasteiger partial charge in [0.2, 0.25) is 0 Å². The summed E-state index contributed by atoms with van der Waals surface area (Å²) in [7, 11) is 0. The molecule has 0 amide bonds. The molecule has 0 atom stereocenters. The van der Waals surface area contributed by atoms with Crippen molar-refractivity contribution in [1.29, 1.82) is 0 Å². The first-order chi connectivity index (χ1) is 12.9. The molecule has 27 heavy (non-hydrogen) atoms. The number of hydrogen-bond donors (Lipinski definition) is 0. The van der Waals surface area contributed by atoms with Gasteiger partial charge in [-0.25, -0.2) is 0 Å². The first-order valence-corrected chi connectivity index (χ1v) is 10.2. The highest BCUT2D eigenvalue weighted by molar-refractivity contribution is 5.85. The Morgan fingerprint density at radius 3 is 1.93 bits per heavy atom. The van der Waals surface area contributed by atoms with E-state index in [9.17, 15) is 0 Å². The fourth-order valence-electron chi connectivity index (χ4n) is 4.42. The molecular formula is C23H32ClN3. The first-order valence-electron chi connectivity index (χ1n) is 10.2. The lowest BCUT2D eigenvalue weighted by molar-refractivity contribution is 0.104. The van der Waals surface area contributed by atoms with Gasteiger partial charge in [0, 0.05) is 44.5 Å². The second-order valence-electron chi connectivity index (χ2n) is 7.67. The molecule has 2 aromatic carbocycles. The van der Waals surface area contributed by atoms with Gasteiger partial charge in [-0.05, 0) is 50.0 Å². The lowest BCUT2D eigenvalue weighted by Gasteiger charge is -2.43. The number of piperidine rings is 1. The van der Waals surface area contributed by atoms with Gasteiger partial charge in [-0.3, -0.25) is 4.90 Å². The molecule has 2 fully saturated rings. The van der Waals surface area contributed by atoms with Crippen molar-refractivity contribution >= 4 is 18.1 Å². The maximum absolute atomic E-state index is 2.74. The van der Waals surface area contributed by atoms with Crippen LogP contribution in [0.25, 0.3) is 0 Å². The maximum atomic E-state index is 2.74. The Morgan fingerprint density at radius 2 is 1.30 bits per heavy atom. The molecule has 0 aromatic heterocycles. The molecule has 2 heterocycles. The van der Waals surface area contributed by atoms with Crippen LogP contribution in [-0.2, 0) is 6.42 Å². The van der Waals surface area contributed by atoms with Crippen molar-refractivity contribution in [2.24, 2.45) is 0 Å². The second kappa shape index (κ2) is 10.1. The van der Waals surface area contributed by atoms with Crippen LogP contribution in [0.15, 0.2) is 60.7 Å². The summed E-state index contributed by atoms with van der Waals surface area (Å²) < 4.78 is 0. The van der Waals surface area contributed by atoms with E-state index >= 15 is 0 Å². The predicted molar refractivity (Wildman–Crippen MR) is 117 cm³/mol. The average molecular weight is 386 g/mol. The Balaban J connectivity index is 0.00000210. The van der Waals surface area contributed by atoms with Crippen molar-refractivity contribution in [1.82, 2.24) is 9.80 Å². The van der Waals surface area contributed by atoms with Gasteiger partial charge in [-0.1, -0.05) is 48.5 Å². The number of nitrogens with zero attached hydrogens (tertiary/aromatic N) is 3. The van der Waals surface area contributed by atoms with Crippen LogP contribution in [0.4, 0.5) is 5.69 Å². The van der Waals surface area contributed by atoms with Crippen molar-refractivity contribution in [3.05, 3.63) is 66.2 Å². The Bertz CT molecular complexity index is 648. The van der Waals surface area contributed by atoms with Crippen molar-refractivity contribution in [2.45, 2.75) is 25.3 Å². The van der Waals surface area contributed by atoms with E-state index in [1.165, 1.54) is 63.2 Å². The number of likely N-dealkylation sites (tertiary alicyclic amines) is 1. The molecule has 0 N–H and O–H groups in total. The van der Waals surface area contributed by atoms with Crippen molar-refractivity contribution in [3.8, 4) is 0 Å². The molecule has 0 spiro atoms. The van der Waals surface area contributed by atoms with Gasteiger partial charge < -0.3 is 9.80 Å². The van der Waals surface area contributed by atoms with E-state index < -0.39 is 0 Å². The van der Waals surface area contributed by atoms with E-state index in [0.717, 1.165) is 19.1 Å². The molecule has 0 saturated carbocycles. The highest BCUT2D eigenvalue weighted by Gasteiger charge is 2.27. The molecule has 4 heteroatoms. The summed E-state index contributed by atoms with van der Waals surface area (Å²) in [5.74, 6) is 0. The van der Waals surface area contributed by atoms with Crippen LogP contribution in [0.1, 0.15) is 18.4 Å². The van der Waals surface area contributed by atoms with Gasteiger partial charge in [0.1, 0.15) is 0 Å². The zero-order valence-corrected chi connectivity index (χ0v) is 17.0. The number of anilines is 1. The van der Waals surface area contributed by atoms with Crippen LogP contribution in [-0.4, -0.2) is 61.7 Å². The second-order valence-corrected chi connectivity index (χ2v) is 7.67. The first kappa shape index (κ1) is 20.2. The monoisotopic (exact) mass is 385 g/mol. The predicted octanol–water partition coefficient (Wildman–Crippen LogP) is 3.94. The third-order valence-corrected chi connectivity index (χ3v) is 6.07. The van der Waals surface area contributed by atoms with Crippen molar-refractivity contribution in [2.75, 3.05) is 50.7 Å². The molecule has 2 aliphatic rings. The molecular weight excluding hydrogens is 354 g/mol. The van der Waals surface area contributed by atoms with Gasteiger partial charge in [0.05, 0.1) is 0 Å². The molecule has 2 aliphatic heterocycles. The molecule has 2 saturated heterocycles. The summed E-state index contributed by atoms with van der Waals surface area (Å²) in [6.07, 6.45) is 3.85. The number of benzene rings is 2. The van der Waals surface area contributed by atoms with E-state index in [1.807, 2.05) is 0 Å². The van der Waals surface area contributed by atoms with Crippen molar-refractivity contribution < 1.29 is 0 Å². The number of para-hydroxylation sites is 1. The quantitative estimate of drug-likeness (QED) is 0.771. The Kier molecular flexibility index (Phi) is 7.57. The third kappa shape index (κ3) is 5.47. The average Bonchev–Trinajstić information content (AvgIpc) is 2.74. The minimum absolute atomic E-state index is 0. The fourth-order valence-corrected chi connectivity index (χ4v) is 4.42. The molecule has 146 valence electrons. The summed E-state index contributed by atoms with van der Waals surface area (Å²) in [6, 6.07) is 22.6. The topological polar surface area (TPSA) is 9.72 Å². The van der Waals surface area contributed by atoms with Crippen LogP contribution in [0.5, 0.6) is 0 Å². The van der Waals surface area contributed by atoms with E-state index in [1.54, 1.807) is 0 Å². The zero-order chi connectivity index (χ0) is 17.6. The van der Waals surface area contributed by atoms with E-state index in [4.69, 9.17) is 0 Å². The summed E-state index contributed by atoms with van der Waals surface area (Å²) in [6.45, 7) is 8.48. The number of rotatable bonds is 5. The molecule has 4 rings (SSSR count). The van der Waals surface area contributed by atoms with Crippen LogP contribution in [0, 0.1) is 0 Å². The Morgan fingerprint density at radius 1 is 0.704 bits per heavy atom. The van der Waals surface area contributed by atoms with Crippen LogP contribution >= 0.6 is 12.4 Å². The van der Waals surface area contributed by atoms with Gasteiger partial charge in [-0.15, -0.1) is 12.4 Å². The van der Waals surface area contributed by atoms with E-state index in [0.29, 0.717) is 0 Å². The number of hydrogen-bond acceptors (Lipinski definition) is 3. The third-order valence-electron chi connectivity index (χ3n) is 6.07. The standard InChI is InChI=1S/C23H31N3.ClH/c1-3-7-21(8-4-1)11-14-24-15-12-23(13-16-24)26-19-17-25(18-20-26)22-9-5-2-6-10-22;/h1-10,23H,11-20H2;1H. The van der Waals surface area contributed by atoms with Gasteiger partial charge in [-0.2, -0.15) is 0 Å². The van der Waals surface area contributed by atoms with E-state index in [-0.39, 0.29) is 12.4 Å². The SMILES string of the molecule is Cl.c1ccc(CCN2CCC(N3CCN(c4ccccc4)CC3)CC2)cc1. The zero-order valence-electron chi connectivity index (χ0n) is 16.2. The number of halogens is 1. The molecule has 3 nitrogen and oxygen atoms in total. The minimum Gasteiger partial charge on any atom is -0.369 e. The number of piperazine rings is 1. The molecule has 0 bridgehead atoms. The smallest absolute Gasteiger partial charge is 0.0367 e. The van der Waals surface area contributed by atoms with Crippen molar-refractivity contribution in [3.63, 3.8) is 0 Å². The van der Waals surface area contributed by atoms with Crippen LogP contribution < -0.4 is 4.90 Å². The summed E-state index contributed by atoms with van der Waals surface area (Å²) in [5, 5.41) is 0. The fraction of sp³-hybridized carbons (Fsp3) is 0.478. The largest absolute Gasteiger partial charge is 0.369 e. The highest BCUT2D eigenvalue weighted by Crippen LogP contribution is 2.21. The summed E-state index contributed by atoms with van der Waals surface area (Å²) in [4.78, 5) is 7.93. The van der Waals surface area contributed by atoms with Gasteiger partial charge in [0.15, 0.2) is 0 Å². The molecule has 0 radical (unpaired) electrons.